The standard InChI is InChI=1S/C22H29N5O2/c1-4-6-14-26(5-2)16-18-23-20-19(21(28)24-22(29)25(20)3)27(18)15-10-13-17-11-8-7-9-12-17/h7-13H,4-6,14-16H2,1-3H3,(H,24,28,29)/p+1/b13-10+. The van der Waals surface area contributed by atoms with Gasteiger partial charge in [0.05, 0.1) is 13.1 Å². The number of hydrogen-bond acceptors (Lipinski definition) is 3. The molecule has 7 nitrogen and oxygen atoms in total. The predicted molar refractivity (Wildman–Crippen MR) is 116 cm³/mol. The van der Waals surface area contributed by atoms with Crippen LogP contribution in [0.25, 0.3) is 17.2 Å². The van der Waals surface area contributed by atoms with Gasteiger partial charge in [-0.1, -0.05) is 55.8 Å². The Balaban J connectivity index is 2.01. The highest BCUT2D eigenvalue weighted by Crippen LogP contribution is 2.11. The lowest BCUT2D eigenvalue weighted by Gasteiger charge is -2.17. The van der Waals surface area contributed by atoms with Gasteiger partial charge >= 0.3 is 5.69 Å². The van der Waals surface area contributed by atoms with E-state index in [1.165, 1.54) is 9.47 Å². The van der Waals surface area contributed by atoms with E-state index < -0.39 is 5.69 Å². The van der Waals surface area contributed by atoms with Gasteiger partial charge in [-0.25, -0.2) is 9.78 Å². The van der Waals surface area contributed by atoms with E-state index in [2.05, 4.69) is 18.8 Å². The second-order valence-corrected chi connectivity index (χ2v) is 7.33. The van der Waals surface area contributed by atoms with Gasteiger partial charge in [-0.2, -0.15) is 0 Å². The normalized spacial score (nSPS) is 12.8. The van der Waals surface area contributed by atoms with Crippen LogP contribution in [0.3, 0.4) is 0 Å². The van der Waals surface area contributed by atoms with Crippen molar-refractivity contribution in [2.45, 2.75) is 39.8 Å². The van der Waals surface area contributed by atoms with Crippen LogP contribution in [0.2, 0.25) is 0 Å². The summed E-state index contributed by atoms with van der Waals surface area (Å²) < 4.78 is 3.35. The molecule has 3 rings (SSSR count). The number of quaternary nitrogens is 1. The van der Waals surface area contributed by atoms with E-state index in [0.29, 0.717) is 17.7 Å². The topological polar surface area (TPSA) is 77.1 Å². The number of allylic oxidation sites excluding steroid dienone is 1. The summed E-state index contributed by atoms with van der Waals surface area (Å²) in [6.07, 6.45) is 6.36. The number of aromatic nitrogens is 4. The van der Waals surface area contributed by atoms with Gasteiger partial charge in [0.15, 0.2) is 17.0 Å². The molecule has 0 bridgehead atoms. The summed E-state index contributed by atoms with van der Waals surface area (Å²) in [5, 5.41) is 0. The molecule has 0 aliphatic rings. The molecule has 0 aliphatic heterocycles. The average Bonchev–Trinajstić information content (AvgIpc) is 3.09. The number of nitrogens with zero attached hydrogens (tertiary/aromatic N) is 3. The second-order valence-electron chi connectivity index (χ2n) is 7.33. The molecule has 0 aliphatic carbocycles. The van der Waals surface area contributed by atoms with Crippen molar-refractivity contribution in [1.82, 2.24) is 19.1 Å². The Morgan fingerprint density at radius 1 is 1.17 bits per heavy atom. The first kappa shape index (κ1) is 20.8. The third-order valence-corrected chi connectivity index (χ3v) is 5.28. The fourth-order valence-corrected chi connectivity index (χ4v) is 3.51. The minimum atomic E-state index is -0.441. The molecule has 0 saturated heterocycles. The van der Waals surface area contributed by atoms with E-state index >= 15 is 0 Å². The van der Waals surface area contributed by atoms with Gasteiger partial charge < -0.3 is 9.47 Å². The number of rotatable bonds is 9. The molecule has 0 spiro atoms. The summed E-state index contributed by atoms with van der Waals surface area (Å²) >= 11 is 0. The molecule has 1 aromatic carbocycles. The van der Waals surface area contributed by atoms with Crippen LogP contribution in [0.1, 0.15) is 38.1 Å². The molecule has 0 saturated carbocycles. The quantitative estimate of drug-likeness (QED) is 0.573. The number of unbranched alkanes of at least 4 members (excludes halogenated alkanes) is 1. The van der Waals surface area contributed by atoms with E-state index in [-0.39, 0.29) is 5.56 Å². The van der Waals surface area contributed by atoms with Crippen molar-refractivity contribution >= 4 is 17.2 Å². The summed E-state index contributed by atoms with van der Waals surface area (Å²) in [6.45, 7) is 7.64. The maximum absolute atomic E-state index is 12.6. The summed E-state index contributed by atoms with van der Waals surface area (Å²) in [6, 6.07) is 10.0. The average molecular weight is 397 g/mol. The first-order valence-electron chi connectivity index (χ1n) is 10.3. The zero-order valence-corrected chi connectivity index (χ0v) is 17.4. The van der Waals surface area contributed by atoms with Crippen LogP contribution in [0.15, 0.2) is 46.0 Å². The number of imidazole rings is 1. The van der Waals surface area contributed by atoms with Crippen LogP contribution in [0.5, 0.6) is 0 Å². The van der Waals surface area contributed by atoms with E-state index in [0.717, 1.165) is 43.9 Å². The highest BCUT2D eigenvalue weighted by atomic mass is 16.2. The molecule has 3 aromatic rings. The lowest BCUT2D eigenvalue weighted by Crippen LogP contribution is -3.10. The number of nitrogens with one attached hydrogen (secondary N) is 2. The van der Waals surface area contributed by atoms with Crippen molar-refractivity contribution in [3.05, 3.63) is 68.6 Å². The summed E-state index contributed by atoms with van der Waals surface area (Å²) in [5.41, 5.74) is 1.16. The number of fused-ring (bicyclic) bond motifs is 1. The van der Waals surface area contributed by atoms with Crippen LogP contribution in [0.4, 0.5) is 0 Å². The molecule has 1 atom stereocenters. The largest absolute Gasteiger partial charge is 0.329 e. The van der Waals surface area contributed by atoms with E-state index in [9.17, 15) is 9.59 Å². The maximum atomic E-state index is 12.6. The van der Waals surface area contributed by atoms with E-state index in [1.807, 2.05) is 47.1 Å². The Labute approximate surface area is 170 Å². The number of aryl methyl sites for hydroxylation is 1. The molecule has 154 valence electrons. The van der Waals surface area contributed by atoms with Gasteiger partial charge in [0.2, 0.25) is 0 Å². The monoisotopic (exact) mass is 396 g/mol. The van der Waals surface area contributed by atoms with E-state index in [1.54, 1.807) is 7.05 Å². The Hall–Kier alpha value is -2.93. The lowest BCUT2D eigenvalue weighted by molar-refractivity contribution is -0.913. The van der Waals surface area contributed by atoms with Gasteiger partial charge in [0.25, 0.3) is 5.56 Å². The molecule has 1 unspecified atom stereocenters. The predicted octanol–water partition coefficient (Wildman–Crippen LogP) is 1.34. The van der Waals surface area contributed by atoms with Crippen molar-refractivity contribution in [3.8, 4) is 0 Å². The number of H-pyrrole nitrogens is 1. The highest BCUT2D eigenvalue weighted by Gasteiger charge is 2.19. The second kappa shape index (κ2) is 9.52. The van der Waals surface area contributed by atoms with Gasteiger partial charge in [0, 0.05) is 13.6 Å². The molecule has 0 amide bonds. The molecule has 0 radical (unpaired) electrons. The molecule has 2 aromatic heterocycles. The fraction of sp³-hybridized carbons (Fsp3) is 0.409. The zero-order valence-electron chi connectivity index (χ0n) is 17.4. The Bertz CT molecular complexity index is 1090. The summed E-state index contributed by atoms with van der Waals surface area (Å²) in [7, 11) is 1.64. The van der Waals surface area contributed by atoms with Crippen molar-refractivity contribution in [2.75, 3.05) is 13.1 Å². The SMILES string of the molecule is CCCC[NH+](CC)Cc1nc2c(c(=O)[nH]c(=O)n2C)n1C/C=C/c1ccccc1. The van der Waals surface area contributed by atoms with Gasteiger partial charge in [-0.3, -0.25) is 14.3 Å². The third-order valence-electron chi connectivity index (χ3n) is 5.28. The van der Waals surface area contributed by atoms with Crippen molar-refractivity contribution in [2.24, 2.45) is 7.05 Å². The van der Waals surface area contributed by atoms with Crippen LogP contribution < -0.4 is 16.1 Å². The van der Waals surface area contributed by atoms with E-state index in [4.69, 9.17) is 4.98 Å². The smallest absolute Gasteiger partial charge is 0.329 e. The van der Waals surface area contributed by atoms with Crippen LogP contribution in [0, 0.1) is 0 Å². The van der Waals surface area contributed by atoms with Crippen LogP contribution in [-0.4, -0.2) is 32.2 Å². The minimum absolute atomic E-state index is 0.387. The number of aromatic amines is 1. The van der Waals surface area contributed by atoms with Crippen molar-refractivity contribution < 1.29 is 4.90 Å². The summed E-state index contributed by atoms with van der Waals surface area (Å²) in [5.74, 6) is 0.831. The zero-order chi connectivity index (χ0) is 20.8. The first-order valence-corrected chi connectivity index (χ1v) is 10.3. The number of hydrogen-bond donors (Lipinski definition) is 2. The van der Waals surface area contributed by atoms with Gasteiger partial charge in [-0.15, -0.1) is 0 Å². The molecular formula is C22H30N5O2+. The maximum Gasteiger partial charge on any atom is 0.329 e. The molecule has 29 heavy (non-hydrogen) atoms. The minimum Gasteiger partial charge on any atom is -0.329 e. The number of benzene rings is 1. The van der Waals surface area contributed by atoms with Crippen LogP contribution >= 0.6 is 0 Å². The highest BCUT2D eigenvalue weighted by molar-refractivity contribution is 5.71. The van der Waals surface area contributed by atoms with Crippen LogP contribution in [-0.2, 0) is 20.1 Å². The Morgan fingerprint density at radius 3 is 2.62 bits per heavy atom. The fourth-order valence-electron chi connectivity index (χ4n) is 3.51. The summed E-state index contributed by atoms with van der Waals surface area (Å²) in [4.78, 5) is 33.1. The molecule has 7 heteroatoms. The molecule has 2 N–H and O–H groups in total. The Kier molecular flexibility index (Phi) is 6.82. The van der Waals surface area contributed by atoms with Gasteiger partial charge in [0.1, 0.15) is 6.54 Å². The molecular weight excluding hydrogens is 366 g/mol. The van der Waals surface area contributed by atoms with Crippen molar-refractivity contribution in [1.29, 1.82) is 0 Å². The Morgan fingerprint density at radius 2 is 1.93 bits per heavy atom. The van der Waals surface area contributed by atoms with Crippen molar-refractivity contribution in [3.63, 3.8) is 0 Å². The molecule has 0 fully saturated rings. The lowest BCUT2D eigenvalue weighted by atomic mass is 10.2. The van der Waals surface area contributed by atoms with Gasteiger partial charge in [-0.05, 0) is 18.9 Å². The first-order chi connectivity index (χ1) is 14.0. The molecule has 2 heterocycles. The third kappa shape index (κ3) is 4.74.